The van der Waals surface area contributed by atoms with Crippen molar-refractivity contribution >= 4 is 15.9 Å². The Hall–Kier alpha value is -2.30. The molecule has 0 N–H and O–H groups in total. The first-order valence-corrected chi connectivity index (χ1v) is 11.7. The number of hydrogen-bond donors (Lipinski definition) is 0. The fourth-order valence-corrected chi connectivity index (χ4v) is 5.30. The lowest BCUT2D eigenvalue weighted by molar-refractivity contribution is -0.140. The maximum Gasteiger partial charge on any atom is 0.243 e. The van der Waals surface area contributed by atoms with Crippen LogP contribution in [0.2, 0.25) is 0 Å². The van der Waals surface area contributed by atoms with Gasteiger partial charge in [0.2, 0.25) is 27.6 Å². The fourth-order valence-electron chi connectivity index (χ4n) is 3.83. The molecule has 0 unspecified atom stereocenters. The van der Waals surface area contributed by atoms with E-state index in [0.717, 1.165) is 0 Å². The Labute approximate surface area is 176 Å². The van der Waals surface area contributed by atoms with E-state index in [0.29, 0.717) is 75.9 Å². The van der Waals surface area contributed by atoms with Gasteiger partial charge in [0.05, 0.1) is 18.1 Å². The van der Waals surface area contributed by atoms with Crippen molar-refractivity contribution in [2.45, 2.75) is 31.1 Å². The number of benzene rings is 1. The van der Waals surface area contributed by atoms with Gasteiger partial charge in [-0.25, -0.2) is 8.42 Å². The molecule has 3 heterocycles. The predicted molar refractivity (Wildman–Crippen MR) is 108 cm³/mol. The molecule has 0 spiro atoms. The molecule has 4 rings (SSSR count). The standard InChI is InChI=1S/C20H26N4O5S/c1-2-18-21-19(22-29-18)15-3-5-17(6-4-15)30(26,27)24-9-7-16(8-10-24)20(25)23-11-13-28-14-12-23/h3-6,16H,2,7-14H2,1H3. The highest BCUT2D eigenvalue weighted by Gasteiger charge is 2.34. The van der Waals surface area contributed by atoms with Gasteiger partial charge in [-0.3, -0.25) is 4.79 Å². The minimum absolute atomic E-state index is 0.117. The van der Waals surface area contributed by atoms with Crippen LogP contribution in [0.4, 0.5) is 0 Å². The van der Waals surface area contributed by atoms with Crippen LogP contribution >= 0.6 is 0 Å². The first kappa shape index (κ1) is 21.0. The molecule has 1 amide bonds. The third-order valence-corrected chi connectivity index (χ3v) is 7.56. The lowest BCUT2D eigenvalue weighted by atomic mass is 9.96. The van der Waals surface area contributed by atoms with Crippen LogP contribution in [0.25, 0.3) is 11.4 Å². The first-order valence-electron chi connectivity index (χ1n) is 10.3. The van der Waals surface area contributed by atoms with E-state index >= 15 is 0 Å². The lowest BCUT2D eigenvalue weighted by Gasteiger charge is -2.35. The summed E-state index contributed by atoms with van der Waals surface area (Å²) in [5.41, 5.74) is 0.701. The minimum atomic E-state index is -3.61. The van der Waals surface area contributed by atoms with Crippen molar-refractivity contribution in [2.75, 3.05) is 39.4 Å². The second-order valence-corrected chi connectivity index (χ2v) is 9.44. The highest BCUT2D eigenvalue weighted by molar-refractivity contribution is 7.89. The Morgan fingerprint density at radius 1 is 1.10 bits per heavy atom. The molecular formula is C20H26N4O5S. The van der Waals surface area contributed by atoms with Gasteiger partial charge < -0.3 is 14.2 Å². The number of amides is 1. The van der Waals surface area contributed by atoms with Gasteiger partial charge >= 0.3 is 0 Å². The molecule has 2 fully saturated rings. The normalized spacial score (nSPS) is 19.2. The molecule has 2 saturated heterocycles. The summed E-state index contributed by atoms with van der Waals surface area (Å²) in [7, 11) is -3.61. The Balaban J connectivity index is 1.40. The number of nitrogens with zero attached hydrogens (tertiary/aromatic N) is 4. The van der Waals surface area contributed by atoms with Crippen LogP contribution < -0.4 is 0 Å². The number of carbonyl (C=O) groups is 1. The maximum absolute atomic E-state index is 13.0. The summed E-state index contributed by atoms with van der Waals surface area (Å²) in [6.07, 6.45) is 1.72. The van der Waals surface area contributed by atoms with Gasteiger partial charge in [0, 0.05) is 44.1 Å². The molecule has 9 nitrogen and oxygen atoms in total. The predicted octanol–water partition coefficient (Wildman–Crippen LogP) is 1.56. The van der Waals surface area contributed by atoms with E-state index < -0.39 is 10.0 Å². The number of morpholine rings is 1. The van der Waals surface area contributed by atoms with Crippen molar-refractivity contribution < 1.29 is 22.5 Å². The molecule has 0 bridgehead atoms. The van der Waals surface area contributed by atoms with Crippen LogP contribution in [0.5, 0.6) is 0 Å². The largest absolute Gasteiger partial charge is 0.378 e. The van der Waals surface area contributed by atoms with Gasteiger partial charge in [-0.15, -0.1) is 0 Å². The molecule has 162 valence electrons. The van der Waals surface area contributed by atoms with Crippen LogP contribution in [-0.4, -0.2) is 73.1 Å². The van der Waals surface area contributed by atoms with Crippen LogP contribution in [-0.2, 0) is 26.0 Å². The summed E-state index contributed by atoms with van der Waals surface area (Å²) in [6, 6.07) is 6.51. The molecule has 2 aliphatic rings. The Bertz CT molecular complexity index is 975. The van der Waals surface area contributed by atoms with Crippen molar-refractivity contribution in [3.8, 4) is 11.4 Å². The molecule has 0 atom stereocenters. The summed E-state index contributed by atoms with van der Waals surface area (Å²) in [5, 5.41) is 3.91. The number of sulfonamides is 1. The van der Waals surface area contributed by atoms with Crippen molar-refractivity contribution in [1.82, 2.24) is 19.3 Å². The molecular weight excluding hydrogens is 408 g/mol. The van der Waals surface area contributed by atoms with Gasteiger partial charge in [-0.05, 0) is 37.1 Å². The second kappa shape index (κ2) is 8.83. The number of carbonyl (C=O) groups excluding carboxylic acids is 1. The average molecular weight is 435 g/mol. The third-order valence-electron chi connectivity index (χ3n) is 5.65. The van der Waals surface area contributed by atoms with Gasteiger partial charge in [0.15, 0.2) is 0 Å². The van der Waals surface area contributed by atoms with Crippen molar-refractivity contribution in [1.29, 1.82) is 0 Å². The van der Waals surface area contributed by atoms with Crippen LogP contribution in [0, 0.1) is 5.92 Å². The van der Waals surface area contributed by atoms with E-state index in [1.807, 2.05) is 11.8 Å². The zero-order chi connectivity index (χ0) is 21.1. The van der Waals surface area contributed by atoms with E-state index in [9.17, 15) is 13.2 Å². The average Bonchev–Trinajstić information content (AvgIpc) is 3.29. The third kappa shape index (κ3) is 4.26. The highest BCUT2D eigenvalue weighted by atomic mass is 32.2. The zero-order valence-electron chi connectivity index (χ0n) is 17.0. The summed E-state index contributed by atoms with van der Waals surface area (Å²) >= 11 is 0. The molecule has 0 radical (unpaired) electrons. The number of piperidine rings is 1. The number of ether oxygens (including phenoxy) is 1. The maximum atomic E-state index is 13.0. The topological polar surface area (TPSA) is 106 Å². The molecule has 10 heteroatoms. The smallest absolute Gasteiger partial charge is 0.243 e. The summed E-state index contributed by atoms with van der Waals surface area (Å²) in [5.74, 6) is 0.976. The molecule has 2 aromatic rings. The van der Waals surface area contributed by atoms with Gasteiger partial charge in [-0.2, -0.15) is 9.29 Å². The monoisotopic (exact) mass is 434 g/mol. The number of rotatable bonds is 5. The van der Waals surface area contributed by atoms with Crippen LogP contribution in [0.3, 0.4) is 0 Å². The zero-order valence-corrected chi connectivity index (χ0v) is 17.8. The molecule has 30 heavy (non-hydrogen) atoms. The SMILES string of the molecule is CCc1nc(-c2ccc(S(=O)(=O)N3CCC(C(=O)N4CCOCC4)CC3)cc2)no1. The molecule has 0 aliphatic carbocycles. The Morgan fingerprint density at radius 2 is 1.77 bits per heavy atom. The van der Waals surface area contributed by atoms with E-state index in [4.69, 9.17) is 9.26 Å². The second-order valence-electron chi connectivity index (χ2n) is 7.51. The van der Waals surface area contributed by atoms with Gasteiger partial charge in [0.1, 0.15) is 0 Å². The Kier molecular flexibility index (Phi) is 6.16. The van der Waals surface area contributed by atoms with Gasteiger partial charge in [0.25, 0.3) is 0 Å². The summed E-state index contributed by atoms with van der Waals surface area (Å²) in [4.78, 5) is 19.0. The van der Waals surface area contributed by atoms with Crippen molar-refractivity contribution in [3.05, 3.63) is 30.2 Å². The van der Waals surface area contributed by atoms with Crippen molar-refractivity contribution in [3.63, 3.8) is 0 Å². The molecule has 2 aliphatic heterocycles. The van der Waals surface area contributed by atoms with E-state index in [1.165, 1.54) is 4.31 Å². The van der Waals surface area contributed by atoms with Crippen LogP contribution in [0.1, 0.15) is 25.7 Å². The van der Waals surface area contributed by atoms with E-state index in [1.54, 1.807) is 24.3 Å². The number of hydrogen-bond acceptors (Lipinski definition) is 7. The summed E-state index contributed by atoms with van der Waals surface area (Å²) in [6.45, 7) is 4.97. The number of aryl methyl sites for hydroxylation is 1. The van der Waals surface area contributed by atoms with Gasteiger partial charge in [-0.1, -0.05) is 12.1 Å². The highest BCUT2D eigenvalue weighted by Crippen LogP contribution is 2.27. The first-order chi connectivity index (χ1) is 14.5. The van der Waals surface area contributed by atoms with E-state index in [-0.39, 0.29) is 16.7 Å². The molecule has 0 saturated carbocycles. The summed E-state index contributed by atoms with van der Waals surface area (Å²) < 4.78 is 37.9. The quantitative estimate of drug-likeness (QED) is 0.703. The molecule has 1 aromatic heterocycles. The lowest BCUT2D eigenvalue weighted by Crippen LogP contribution is -2.47. The Morgan fingerprint density at radius 3 is 2.37 bits per heavy atom. The van der Waals surface area contributed by atoms with E-state index in [2.05, 4.69) is 10.1 Å². The molecule has 1 aromatic carbocycles. The van der Waals surface area contributed by atoms with Crippen molar-refractivity contribution in [2.24, 2.45) is 5.92 Å². The minimum Gasteiger partial charge on any atom is -0.378 e. The van der Waals surface area contributed by atoms with Crippen LogP contribution in [0.15, 0.2) is 33.7 Å². The fraction of sp³-hybridized carbons (Fsp3) is 0.550. The number of aromatic nitrogens is 2.